The van der Waals surface area contributed by atoms with Gasteiger partial charge in [-0.25, -0.2) is 14.2 Å². The number of nitrogens with zero attached hydrogens (tertiary/aromatic N) is 1. The van der Waals surface area contributed by atoms with Crippen molar-refractivity contribution in [2.45, 2.75) is 6.54 Å². The Hall–Kier alpha value is -1.85. The van der Waals surface area contributed by atoms with Crippen LogP contribution in [0, 0.1) is 5.82 Å². The Bertz CT molecular complexity index is 665. The van der Waals surface area contributed by atoms with Crippen LogP contribution in [0.5, 0.6) is 0 Å². The Morgan fingerprint density at radius 2 is 2.05 bits per heavy atom. The molecule has 4 nitrogen and oxygen atoms in total. The zero-order valence-electron chi connectivity index (χ0n) is 10.0. The molecular formula is C13H9Cl2FN2O2. The highest BCUT2D eigenvalue weighted by atomic mass is 35.5. The summed E-state index contributed by atoms with van der Waals surface area (Å²) in [4.78, 5) is 14.7. The summed E-state index contributed by atoms with van der Waals surface area (Å²) < 4.78 is 13.0. The summed E-state index contributed by atoms with van der Waals surface area (Å²) in [5.74, 6) is -1.24. The molecule has 0 saturated heterocycles. The van der Waals surface area contributed by atoms with Gasteiger partial charge in [-0.2, -0.15) is 0 Å². The maximum atomic E-state index is 13.0. The number of nitrogens with one attached hydrogen (secondary N) is 1. The quantitative estimate of drug-likeness (QED) is 0.900. The number of carboxylic acids is 1. The summed E-state index contributed by atoms with van der Waals surface area (Å²) in [6, 6.07) is 5.63. The minimum absolute atomic E-state index is 0.00498. The number of halogens is 3. The largest absolute Gasteiger partial charge is 0.478 e. The van der Waals surface area contributed by atoms with Crippen molar-refractivity contribution >= 4 is 35.0 Å². The molecule has 2 rings (SSSR count). The molecule has 0 bridgehead atoms. The van der Waals surface area contributed by atoms with Gasteiger partial charge < -0.3 is 10.4 Å². The van der Waals surface area contributed by atoms with Crippen LogP contribution < -0.4 is 5.32 Å². The van der Waals surface area contributed by atoms with Gasteiger partial charge in [0.15, 0.2) is 0 Å². The van der Waals surface area contributed by atoms with E-state index in [0.29, 0.717) is 12.4 Å². The molecule has 20 heavy (non-hydrogen) atoms. The second-order valence-electron chi connectivity index (χ2n) is 3.96. The van der Waals surface area contributed by atoms with Crippen molar-refractivity contribution in [3.63, 3.8) is 0 Å². The fourth-order valence-electron chi connectivity index (χ4n) is 1.52. The molecular weight excluding hydrogens is 306 g/mol. The van der Waals surface area contributed by atoms with Crippen LogP contribution in [0.3, 0.4) is 0 Å². The number of hydrogen-bond acceptors (Lipinski definition) is 3. The second-order valence-corrected chi connectivity index (χ2v) is 4.78. The van der Waals surface area contributed by atoms with Crippen LogP contribution >= 0.6 is 23.2 Å². The van der Waals surface area contributed by atoms with E-state index in [-0.39, 0.29) is 15.6 Å². The van der Waals surface area contributed by atoms with Gasteiger partial charge in [-0.3, -0.25) is 0 Å². The van der Waals surface area contributed by atoms with E-state index in [0.717, 1.165) is 5.56 Å². The van der Waals surface area contributed by atoms with Crippen molar-refractivity contribution in [2.24, 2.45) is 0 Å². The third-order valence-corrected chi connectivity index (χ3v) is 3.11. The van der Waals surface area contributed by atoms with Crippen LogP contribution in [0.25, 0.3) is 0 Å². The molecule has 0 aliphatic rings. The Kier molecular flexibility index (Phi) is 4.42. The molecule has 0 radical (unpaired) electrons. The van der Waals surface area contributed by atoms with Gasteiger partial charge in [0.1, 0.15) is 11.6 Å². The van der Waals surface area contributed by atoms with Crippen molar-refractivity contribution in [3.05, 3.63) is 57.5 Å². The number of pyridine rings is 1. The van der Waals surface area contributed by atoms with Crippen LogP contribution in [-0.2, 0) is 6.54 Å². The monoisotopic (exact) mass is 314 g/mol. The molecule has 0 aliphatic carbocycles. The highest BCUT2D eigenvalue weighted by molar-refractivity contribution is 6.33. The van der Waals surface area contributed by atoms with E-state index in [2.05, 4.69) is 10.3 Å². The van der Waals surface area contributed by atoms with Crippen LogP contribution in [0.1, 0.15) is 15.9 Å². The molecule has 2 N–H and O–H groups in total. The van der Waals surface area contributed by atoms with E-state index >= 15 is 0 Å². The minimum atomic E-state index is -1.10. The standard InChI is InChI=1S/C13H9Cl2FN2O2/c14-9-3-7(1-2-11(9)16)5-17-12-10(15)4-8(6-18-12)13(19)20/h1-4,6H,5H2,(H,17,18)(H,19,20). The molecule has 0 saturated carbocycles. The Morgan fingerprint density at radius 3 is 2.65 bits per heavy atom. The van der Waals surface area contributed by atoms with E-state index in [4.69, 9.17) is 28.3 Å². The summed E-state index contributed by atoms with van der Waals surface area (Å²) in [7, 11) is 0. The normalized spacial score (nSPS) is 10.3. The lowest BCUT2D eigenvalue weighted by atomic mass is 10.2. The van der Waals surface area contributed by atoms with E-state index in [9.17, 15) is 9.18 Å². The van der Waals surface area contributed by atoms with Crippen molar-refractivity contribution in [3.8, 4) is 0 Å². The number of benzene rings is 1. The fraction of sp³-hybridized carbons (Fsp3) is 0.0769. The number of aromatic carboxylic acids is 1. The number of carboxylic acid groups (broad SMARTS) is 1. The van der Waals surface area contributed by atoms with Gasteiger partial charge in [0.2, 0.25) is 0 Å². The average Bonchev–Trinajstić information content (AvgIpc) is 2.41. The number of aromatic nitrogens is 1. The third kappa shape index (κ3) is 3.37. The Balaban J connectivity index is 2.10. The number of hydrogen-bond donors (Lipinski definition) is 2. The lowest BCUT2D eigenvalue weighted by molar-refractivity contribution is 0.0696. The zero-order valence-corrected chi connectivity index (χ0v) is 11.5. The molecule has 1 heterocycles. The first kappa shape index (κ1) is 14.6. The summed E-state index contributed by atoms with van der Waals surface area (Å²) in [5.41, 5.74) is 0.752. The first-order chi connectivity index (χ1) is 9.47. The summed E-state index contributed by atoms with van der Waals surface area (Å²) >= 11 is 11.6. The average molecular weight is 315 g/mol. The molecule has 2 aromatic rings. The molecule has 0 unspecified atom stereocenters. The minimum Gasteiger partial charge on any atom is -0.478 e. The summed E-state index contributed by atoms with van der Waals surface area (Å²) in [5, 5.41) is 11.9. The van der Waals surface area contributed by atoms with Gasteiger partial charge in [0.25, 0.3) is 0 Å². The maximum absolute atomic E-state index is 13.0. The lowest BCUT2D eigenvalue weighted by Gasteiger charge is -2.08. The predicted molar refractivity (Wildman–Crippen MR) is 74.9 cm³/mol. The molecule has 0 amide bonds. The van der Waals surface area contributed by atoms with Crippen molar-refractivity contribution in [1.82, 2.24) is 4.98 Å². The van der Waals surface area contributed by atoms with Crippen LogP contribution in [0.15, 0.2) is 30.5 Å². The molecule has 0 spiro atoms. The molecule has 0 atom stereocenters. The van der Waals surface area contributed by atoms with Gasteiger partial charge in [0.05, 0.1) is 15.6 Å². The van der Waals surface area contributed by atoms with E-state index in [1.54, 1.807) is 6.07 Å². The van der Waals surface area contributed by atoms with Crippen molar-refractivity contribution in [2.75, 3.05) is 5.32 Å². The van der Waals surface area contributed by atoms with Gasteiger partial charge in [0, 0.05) is 12.7 Å². The maximum Gasteiger partial charge on any atom is 0.337 e. The summed E-state index contributed by atoms with van der Waals surface area (Å²) in [6.07, 6.45) is 1.20. The number of carbonyl (C=O) groups is 1. The predicted octanol–water partition coefficient (Wildman–Crippen LogP) is 3.84. The molecule has 7 heteroatoms. The second kappa shape index (κ2) is 6.07. The van der Waals surface area contributed by atoms with Crippen LogP contribution in [-0.4, -0.2) is 16.1 Å². The molecule has 0 aliphatic heterocycles. The fourth-order valence-corrected chi connectivity index (χ4v) is 1.96. The van der Waals surface area contributed by atoms with E-state index in [1.165, 1.54) is 24.4 Å². The van der Waals surface area contributed by atoms with Crippen molar-refractivity contribution < 1.29 is 14.3 Å². The molecule has 1 aromatic heterocycles. The highest BCUT2D eigenvalue weighted by Gasteiger charge is 2.08. The van der Waals surface area contributed by atoms with E-state index < -0.39 is 11.8 Å². The van der Waals surface area contributed by atoms with E-state index in [1.807, 2.05) is 0 Å². The molecule has 0 fully saturated rings. The smallest absolute Gasteiger partial charge is 0.337 e. The van der Waals surface area contributed by atoms with Crippen LogP contribution in [0.2, 0.25) is 10.0 Å². The summed E-state index contributed by atoms with van der Waals surface area (Å²) in [6.45, 7) is 0.332. The SMILES string of the molecule is O=C(O)c1cnc(NCc2ccc(F)c(Cl)c2)c(Cl)c1. The van der Waals surface area contributed by atoms with Gasteiger partial charge >= 0.3 is 5.97 Å². The van der Waals surface area contributed by atoms with Crippen molar-refractivity contribution in [1.29, 1.82) is 0 Å². The van der Waals surface area contributed by atoms with Gasteiger partial charge in [-0.15, -0.1) is 0 Å². The Labute approximate surface area is 124 Å². The van der Waals surface area contributed by atoms with Gasteiger partial charge in [-0.05, 0) is 23.8 Å². The molecule has 104 valence electrons. The van der Waals surface area contributed by atoms with Crippen LogP contribution in [0.4, 0.5) is 10.2 Å². The topological polar surface area (TPSA) is 62.2 Å². The number of anilines is 1. The molecule has 1 aromatic carbocycles. The third-order valence-electron chi connectivity index (χ3n) is 2.53. The Morgan fingerprint density at radius 1 is 1.30 bits per heavy atom. The zero-order chi connectivity index (χ0) is 14.7. The first-order valence-corrected chi connectivity index (χ1v) is 6.29. The number of rotatable bonds is 4. The highest BCUT2D eigenvalue weighted by Crippen LogP contribution is 2.22. The lowest BCUT2D eigenvalue weighted by Crippen LogP contribution is -2.04. The first-order valence-electron chi connectivity index (χ1n) is 5.54. The van der Waals surface area contributed by atoms with Gasteiger partial charge in [-0.1, -0.05) is 29.3 Å².